The van der Waals surface area contributed by atoms with Gasteiger partial charge in [0.05, 0.1) is 47.7 Å². The highest BCUT2D eigenvalue weighted by Crippen LogP contribution is 2.45. The van der Waals surface area contributed by atoms with E-state index >= 15 is 0 Å². The summed E-state index contributed by atoms with van der Waals surface area (Å²) in [5, 5.41) is 5.75. The van der Waals surface area contributed by atoms with Gasteiger partial charge in [0.1, 0.15) is 0 Å². The Bertz CT molecular complexity index is 8950. The molecule has 0 fully saturated rings. The van der Waals surface area contributed by atoms with Crippen molar-refractivity contribution in [3.05, 3.63) is 455 Å². The lowest BCUT2D eigenvalue weighted by atomic mass is 10.0. The maximum absolute atomic E-state index is 5.13. The van der Waals surface area contributed by atoms with Gasteiger partial charge < -0.3 is 0 Å². The fourth-order valence-electron chi connectivity index (χ4n) is 17.2. The van der Waals surface area contributed by atoms with Crippen LogP contribution in [0.1, 0.15) is 0 Å². The Morgan fingerprint density at radius 2 is 0.302 bits per heavy atom. The van der Waals surface area contributed by atoms with E-state index in [9.17, 15) is 0 Å². The first-order valence-electron chi connectivity index (χ1n) is 45.6. The molecule has 0 unspecified atom stereocenters. The molecular weight excluding hydrogens is 1760 g/mol. The summed E-state index contributed by atoms with van der Waals surface area (Å²) < 4.78 is 6.89. The molecule has 0 atom stereocenters. The maximum Gasteiger partial charge on any atom is 0.164 e. The third kappa shape index (κ3) is 17.3. The predicted molar refractivity (Wildman–Crippen MR) is 569 cm³/mol. The Kier molecular flexibility index (Phi) is 22.6. The van der Waals surface area contributed by atoms with Crippen molar-refractivity contribution in [3.63, 3.8) is 0 Å². The number of nitrogens with zero attached hydrogens (tertiary/aromatic N) is 15. The zero-order valence-corrected chi connectivity index (χ0v) is 76.7. The summed E-state index contributed by atoms with van der Waals surface area (Å²) in [6, 6.07) is 154. The van der Waals surface area contributed by atoms with E-state index in [-0.39, 0.29) is 0 Å². The van der Waals surface area contributed by atoms with Crippen LogP contribution in [0.25, 0.3) is 253 Å². The minimum Gasteiger partial charge on any atom is -0.226 e. The van der Waals surface area contributed by atoms with Gasteiger partial charge in [0.2, 0.25) is 0 Å². The SMILES string of the molecule is c1ccc(-c2ccc(-c3nc(-c4ccccc4)nc(-c4ccc(-c5nc(-c6ccccc6)c6sc7ccccc7c6n5)cc4)n3)cc2)cc1.c1ccc(-c2nc(-c3ccc(-c4nc(-c5ccccc5)c5sc6ccccc6c5n4)cc3)nc(-c3ccc4ccccc4c3)n2)cc1.c1ccc(-c2nc(-c3ccccc3)nc(-c3ccc(-c4nc(-c5ccccc5)c5sc6ccccc6c5n4)cc3)n2)cc1. The molecule has 0 saturated heterocycles. The van der Waals surface area contributed by atoms with Crippen LogP contribution in [-0.2, 0) is 0 Å². The number of benzene rings is 17. The van der Waals surface area contributed by atoms with Crippen molar-refractivity contribution in [3.8, 4) is 182 Å². The predicted octanol–water partition coefficient (Wildman–Crippen LogP) is 30.9. The van der Waals surface area contributed by atoms with Gasteiger partial charge in [-0.1, -0.05) is 431 Å². The number of thiophene rings is 3. The van der Waals surface area contributed by atoms with Gasteiger partial charge in [0, 0.05) is 114 Å². The van der Waals surface area contributed by atoms with Gasteiger partial charge in [-0.05, 0) is 46.2 Å². The van der Waals surface area contributed by atoms with Crippen LogP contribution in [0.2, 0.25) is 0 Å². The van der Waals surface area contributed by atoms with E-state index in [1.54, 1.807) is 34.0 Å². The second-order valence-electron chi connectivity index (χ2n) is 33.2. The molecule has 0 bridgehead atoms. The first kappa shape index (κ1) is 84.0. The second-order valence-corrected chi connectivity index (χ2v) is 36.4. The van der Waals surface area contributed by atoms with Crippen LogP contribution in [-0.4, -0.2) is 74.8 Å². The minimum atomic E-state index is 0.604. The van der Waals surface area contributed by atoms with E-state index in [2.05, 4.69) is 237 Å². The first-order chi connectivity index (χ1) is 68.8. The third-order valence-electron chi connectivity index (χ3n) is 24.3. The molecule has 0 saturated carbocycles. The highest BCUT2D eigenvalue weighted by molar-refractivity contribution is 7.27. The Balaban J connectivity index is 0.000000114. The van der Waals surface area contributed by atoms with E-state index in [1.807, 2.05) is 218 Å². The monoisotopic (exact) mass is 1830 g/mol. The lowest BCUT2D eigenvalue weighted by Gasteiger charge is -2.10. The zero-order valence-electron chi connectivity index (χ0n) is 74.2. The third-order valence-corrected chi connectivity index (χ3v) is 27.8. The van der Waals surface area contributed by atoms with Crippen molar-refractivity contribution in [1.29, 1.82) is 0 Å². The fourth-order valence-corrected chi connectivity index (χ4v) is 20.7. The highest BCUT2D eigenvalue weighted by atomic mass is 32.1. The Morgan fingerprint density at radius 3 is 0.568 bits per heavy atom. The van der Waals surface area contributed by atoms with E-state index in [0.29, 0.717) is 69.9 Å². The summed E-state index contributed by atoms with van der Waals surface area (Å²) >= 11 is 5.21. The van der Waals surface area contributed by atoms with Gasteiger partial charge in [-0.25, -0.2) is 74.8 Å². The van der Waals surface area contributed by atoms with Crippen LogP contribution in [0.5, 0.6) is 0 Å². The van der Waals surface area contributed by atoms with Crippen LogP contribution < -0.4 is 0 Å². The number of fused-ring (bicyclic) bond motifs is 10. The molecule has 15 nitrogen and oxygen atoms in total. The van der Waals surface area contributed by atoms with E-state index in [4.69, 9.17) is 74.8 Å². The van der Waals surface area contributed by atoms with Gasteiger partial charge >= 0.3 is 0 Å². The molecule has 0 aliphatic heterocycles. The topological polar surface area (TPSA) is 193 Å². The van der Waals surface area contributed by atoms with E-state index < -0.39 is 0 Å². The lowest BCUT2D eigenvalue weighted by Crippen LogP contribution is -2.00. The molecule has 26 rings (SSSR count). The van der Waals surface area contributed by atoms with E-state index in [0.717, 1.165) is 158 Å². The van der Waals surface area contributed by atoms with Crippen molar-refractivity contribution in [2.75, 3.05) is 0 Å². The Morgan fingerprint density at radius 1 is 0.122 bits per heavy atom. The van der Waals surface area contributed by atoms with Crippen molar-refractivity contribution >= 4 is 106 Å². The molecule has 0 aliphatic carbocycles. The smallest absolute Gasteiger partial charge is 0.164 e. The number of hydrogen-bond donors (Lipinski definition) is 0. The summed E-state index contributed by atoms with van der Waals surface area (Å²) in [5.74, 6) is 7.68. The van der Waals surface area contributed by atoms with Gasteiger partial charge in [0.15, 0.2) is 69.9 Å². The van der Waals surface area contributed by atoms with Gasteiger partial charge in [-0.2, -0.15) is 0 Å². The molecule has 0 spiro atoms. The molecule has 26 aromatic rings. The zero-order chi connectivity index (χ0) is 92.3. The molecule has 0 radical (unpaired) electrons. The summed E-state index contributed by atoms with van der Waals surface area (Å²) in [5.41, 5.74) is 22.4. The summed E-state index contributed by atoms with van der Waals surface area (Å²) in [7, 11) is 0. The van der Waals surface area contributed by atoms with Crippen LogP contribution >= 0.6 is 34.0 Å². The summed E-state index contributed by atoms with van der Waals surface area (Å²) in [6.45, 7) is 0. The van der Waals surface area contributed by atoms with Crippen molar-refractivity contribution < 1.29 is 0 Å². The number of aromatic nitrogens is 15. The average Bonchev–Trinajstić information content (AvgIpc) is 1.62. The number of rotatable bonds is 16. The van der Waals surface area contributed by atoms with Crippen molar-refractivity contribution in [2.24, 2.45) is 0 Å². The van der Waals surface area contributed by atoms with Gasteiger partial charge in [0.25, 0.3) is 0 Å². The summed E-state index contributed by atoms with van der Waals surface area (Å²) in [4.78, 5) is 74.9. The molecular formula is C121H75N15S3. The Labute approximate surface area is 810 Å². The minimum absolute atomic E-state index is 0.604. The molecule has 0 N–H and O–H groups in total. The molecule has 139 heavy (non-hydrogen) atoms. The molecule has 0 amide bonds. The Hall–Kier alpha value is -18.1. The molecule has 17 aromatic carbocycles. The molecule has 9 heterocycles. The van der Waals surface area contributed by atoms with E-state index in [1.165, 1.54) is 25.0 Å². The lowest BCUT2D eigenvalue weighted by molar-refractivity contribution is 1.07. The second kappa shape index (κ2) is 37.4. The summed E-state index contributed by atoms with van der Waals surface area (Å²) in [6.07, 6.45) is 0. The first-order valence-corrected chi connectivity index (χ1v) is 48.0. The van der Waals surface area contributed by atoms with Crippen LogP contribution in [0, 0.1) is 0 Å². The molecule has 9 aromatic heterocycles. The van der Waals surface area contributed by atoms with Gasteiger partial charge in [-0.3, -0.25) is 0 Å². The van der Waals surface area contributed by atoms with Gasteiger partial charge in [-0.15, -0.1) is 34.0 Å². The average molecular weight is 1840 g/mol. The largest absolute Gasteiger partial charge is 0.226 e. The van der Waals surface area contributed by atoms with Crippen LogP contribution in [0.4, 0.5) is 0 Å². The highest BCUT2D eigenvalue weighted by Gasteiger charge is 2.24. The maximum atomic E-state index is 5.13. The molecule has 652 valence electrons. The normalized spacial score (nSPS) is 11.3. The standard InChI is InChI=1S/C43H27N5S.C41H25N5S.C37H23N5S/c1-4-12-28(13-5-1)29-20-22-33(23-21-29)42-46-41(31-16-8-3-9-17-31)47-43(48-42)34-26-24-32(25-27-34)40-44-37(30-14-6-2-7-15-30)39-38(45-40)35-18-10-11-19-36(35)49-39;1-3-12-27(13-4-1)35-37-36(33-17-9-10-18-34(33)47-37)43-38(42-35)29-20-22-30(23-21-29)40-44-39(28-14-5-2-6-15-28)45-41(46-40)32-24-19-26-11-7-8-16-31(26)25-32;1-4-12-24(13-5-1)31-33-32(29-18-10-11-19-30(29)43-33)39-34(38-31)27-20-22-28(23-21-27)37-41-35(25-14-6-2-7-15-25)40-36(42-37)26-16-8-3-9-17-26/h1-27H;1-25H;1-23H. The van der Waals surface area contributed by atoms with Crippen molar-refractivity contribution in [2.45, 2.75) is 0 Å². The molecule has 0 aliphatic rings. The molecule has 18 heteroatoms. The van der Waals surface area contributed by atoms with Crippen molar-refractivity contribution in [1.82, 2.24) is 74.8 Å². The fraction of sp³-hybridized carbons (Fsp3) is 0. The number of hydrogen-bond acceptors (Lipinski definition) is 18. The van der Waals surface area contributed by atoms with Crippen LogP contribution in [0.15, 0.2) is 455 Å². The van der Waals surface area contributed by atoms with Crippen LogP contribution in [0.3, 0.4) is 0 Å². The quantitative estimate of drug-likeness (QED) is 0.0886.